The largest absolute Gasteiger partial charge is 0.495 e. The van der Waals surface area contributed by atoms with Crippen LogP contribution in [0.15, 0.2) is 24.4 Å². The van der Waals surface area contributed by atoms with Crippen molar-refractivity contribution < 1.29 is 9.53 Å². The average molecular weight is 578 g/mol. The zero-order valence-electron chi connectivity index (χ0n) is 24.3. The van der Waals surface area contributed by atoms with Crippen LogP contribution in [-0.4, -0.2) is 82.9 Å². The van der Waals surface area contributed by atoms with Gasteiger partial charge in [-0.15, -0.1) is 10.2 Å². The van der Waals surface area contributed by atoms with Gasteiger partial charge in [0, 0.05) is 44.3 Å². The molecular formula is C29H39N9O2S. The molecule has 1 unspecified atom stereocenters. The lowest BCUT2D eigenvalue weighted by molar-refractivity contribution is -0.120. The normalized spacial score (nSPS) is 21.8. The summed E-state index contributed by atoms with van der Waals surface area (Å²) >= 11 is 1.62. The number of aromatic nitrogens is 4. The van der Waals surface area contributed by atoms with E-state index in [0.717, 1.165) is 78.2 Å². The summed E-state index contributed by atoms with van der Waals surface area (Å²) in [7, 11) is 3.47. The molecule has 41 heavy (non-hydrogen) atoms. The first-order valence-corrected chi connectivity index (χ1v) is 15.4. The van der Waals surface area contributed by atoms with E-state index in [0.29, 0.717) is 23.8 Å². The summed E-state index contributed by atoms with van der Waals surface area (Å²) in [6.07, 6.45) is 7.01. The second kappa shape index (κ2) is 11.9. The molecule has 12 heteroatoms. The monoisotopic (exact) mass is 577 g/mol. The smallest absolute Gasteiger partial charge is 0.249 e. The van der Waals surface area contributed by atoms with Crippen molar-refractivity contribution in [3.63, 3.8) is 0 Å². The van der Waals surface area contributed by atoms with Crippen LogP contribution in [0.2, 0.25) is 0 Å². The van der Waals surface area contributed by atoms with Crippen molar-refractivity contribution in [2.45, 2.75) is 70.6 Å². The third-order valence-corrected chi connectivity index (χ3v) is 9.34. The van der Waals surface area contributed by atoms with E-state index in [9.17, 15) is 4.79 Å². The molecule has 0 radical (unpaired) electrons. The molecule has 4 heterocycles. The van der Waals surface area contributed by atoms with Crippen LogP contribution in [0.1, 0.15) is 51.0 Å². The number of hydrogen-bond donors (Lipinski definition) is 2. The SMILES string of the molecule is CC[C@@H]1C(=O)N(C)c2cnc(Nc3ccc(-c4nnc(CN5CCNC(C)C5)s4)cc3OC)nc2N1C1CCCC1. The Kier molecular flexibility index (Phi) is 8.05. The number of rotatable bonds is 8. The van der Waals surface area contributed by atoms with Gasteiger partial charge in [-0.3, -0.25) is 9.69 Å². The summed E-state index contributed by atoms with van der Waals surface area (Å²) in [4.78, 5) is 29.1. The molecule has 2 N–H and O–H groups in total. The number of fused-ring (bicyclic) bond motifs is 1. The lowest BCUT2D eigenvalue weighted by Crippen LogP contribution is -2.55. The predicted molar refractivity (Wildman–Crippen MR) is 162 cm³/mol. The molecule has 1 saturated heterocycles. The van der Waals surface area contributed by atoms with Gasteiger partial charge >= 0.3 is 0 Å². The molecule has 6 rings (SSSR count). The highest BCUT2D eigenvalue weighted by atomic mass is 32.1. The number of carbonyl (C=O) groups is 1. The van der Waals surface area contributed by atoms with Gasteiger partial charge in [0.05, 0.1) is 25.5 Å². The Labute approximate surface area is 245 Å². The van der Waals surface area contributed by atoms with E-state index in [1.807, 2.05) is 25.2 Å². The number of ether oxygens (including phenoxy) is 1. The number of benzene rings is 1. The summed E-state index contributed by atoms with van der Waals surface area (Å²) in [5.74, 6) is 2.07. The Hall–Kier alpha value is -3.35. The Balaban J connectivity index is 1.23. The van der Waals surface area contributed by atoms with Crippen molar-refractivity contribution in [1.29, 1.82) is 0 Å². The highest BCUT2D eigenvalue weighted by Crippen LogP contribution is 2.40. The van der Waals surface area contributed by atoms with Gasteiger partial charge in [0.1, 0.15) is 27.5 Å². The van der Waals surface area contributed by atoms with Gasteiger partial charge < -0.3 is 25.2 Å². The summed E-state index contributed by atoms with van der Waals surface area (Å²) < 4.78 is 5.76. The summed E-state index contributed by atoms with van der Waals surface area (Å²) in [5, 5.41) is 17.7. The third kappa shape index (κ3) is 5.60. The van der Waals surface area contributed by atoms with Gasteiger partial charge in [-0.1, -0.05) is 31.1 Å². The number of nitrogens with one attached hydrogen (secondary N) is 2. The van der Waals surface area contributed by atoms with Crippen LogP contribution in [0.5, 0.6) is 5.75 Å². The number of amides is 1. The molecule has 2 aromatic heterocycles. The summed E-state index contributed by atoms with van der Waals surface area (Å²) in [6, 6.07) is 6.56. The third-order valence-electron chi connectivity index (χ3n) is 8.39. The Morgan fingerprint density at radius 3 is 2.80 bits per heavy atom. The maximum atomic E-state index is 13.2. The quantitative estimate of drug-likeness (QED) is 0.407. The van der Waals surface area contributed by atoms with Gasteiger partial charge in [-0.05, 0) is 44.4 Å². The number of anilines is 4. The van der Waals surface area contributed by atoms with Crippen molar-refractivity contribution >= 4 is 40.4 Å². The molecule has 218 valence electrons. The van der Waals surface area contributed by atoms with E-state index >= 15 is 0 Å². The van der Waals surface area contributed by atoms with Crippen LogP contribution in [0.3, 0.4) is 0 Å². The van der Waals surface area contributed by atoms with Gasteiger partial charge in [-0.25, -0.2) is 4.98 Å². The molecule has 11 nitrogen and oxygen atoms in total. The molecule has 0 bridgehead atoms. The van der Waals surface area contributed by atoms with E-state index in [-0.39, 0.29) is 11.9 Å². The molecule has 3 aromatic rings. The van der Waals surface area contributed by atoms with Crippen LogP contribution >= 0.6 is 11.3 Å². The topological polar surface area (TPSA) is 112 Å². The molecule has 1 aromatic carbocycles. The fourth-order valence-corrected chi connectivity index (χ4v) is 7.15. The van der Waals surface area contributed by atoms with Crippen LogP contribution in [-0.2, 0) is 11.3 Å². The molecular weight excluding hydrogens is 538 g/mol. The number of carbonyl (C=O) groups excluding carboxylic acids is 1. The highest BCUT2D eigenvalue weighted by Gasteiger charge is 2.41. The van der Waals surface area contributed by atoms with E-state index in [1.54, 1.807) is 29.5 Å². The second-order valence-corrected chi connectivity index (χ2v) is 12.3. The van der Waals surface area contributed by atoms with Crippen molar-refractivity contribution in [1.82, 2.24) is 30.4 Å². The molecule has 1 aliphatic carbocycles. The average Bonchev–Trinajstić information content (AvgIpc) is 3.68. The maximum absolute atomic E-state index is 13.2. The number of likely N-dealkylation sites (N-methyl/N-ethyl adjacent to an activating group) is 1. The fraction of sp³-hybridized carbons (Fsp3) is 0.552. The number of hydrogen-bond acceptors (Lipinski definition) is 11. The number of piperazine rings is 1. The Morgan fingerprint density at radius 2 is 2.05 bits per heavy atom. The molecule has 1 amide bonds. The minimum atomic E-state index is -0.209. The van der Waals surface area contributed by atoms with E-state index < -0.39 is 0 Å². The van der Waals surface area contributed by atoms with E-state index in [2.05, 4.69) is 49.5 Å². The molecule has 2 fully saturated rings. The fourth-order valence-electron chi connectivity index (χ4n) is 6.27. The molecule has 2 atom stereocenters. The zero-order valence-corrected chi connectivity index (χ0v) is 25.1. The van der Waals surface area contributed by atoms with E-state index in [4.69, 9.17) is 9.72 Å². The minimum absolute atomic E-state index is 0.107. The van der Waals surface area contributed by atoms with E-state index in [1.165, 1.54) is 12.8 Å². The summed E-state index contributed by atoms with van der Waals surface area (Å²) in [6.45, 7) is 8.12. The molecule has 1 saturated carbocycles. The highest BCUT2D eigenvalue weighted by molar-refractivity contribution is 7.14. The summed E-state index contributed by atoms with van der Waals surface area (Å²) in [5.41, 5.74) is 2.46. The number of methoxy groups -OCH3 is 1. The lowest BCUT2D eigenvalue weighted by atomic mass is 10.0. The predicted octanol–water partition coefficient (Wildman–Crippen LogP) is 4.05. The minimum Gasteiger partial charge on any atom is -0.495 e. The first kappa shape index (κ1) is 27.8. The van der Waals surface area contributed by atoms with Gasteiger partial charge in [0.25, 0.3) is 0 Å². The molecule has 0 spiro atoms. The van der Waals surface area contributed by atoms with Gasteiger partial charge in [0.2, 0.25) is 11.9 Å². The Morgan fingerprint density at radius 1 is 1.22 bits per heavy atom. The number of nitrogens with zero attached hydrogens (tertiary/aromatic N) is 7. The first-order chi connectivity index (χ1) is 19.9. The van der Waals surface area contributed by atoms with Gasteiger partial charge in [0.15, 0.2) is 5.82 Å². The molecule has 2 aliphatic heterocycles. The van der Waals surface area contributed by atoms with Crippen LogP contribution in [0.4, 0.5) is 23.1 Å². The van der Waals surface area contributed by atoms with Crippen molar-refractivity contribution in [2.24, 2.45) is 0 Å². The van der Waals surface area contributed by atoms with Crippen molar-refractivity contribution in [3.8, 4) is 16.3 Å². The van der Waals surface area contributed by atoms with Gasteiger partial charge in [-0.2, -0.15) is 4.98 Å². The van der Waals surface area contributed by atoms with Crippen molar-refractivity contribution in [3.05, 3.63) is 29.4 Å². The Bertz CT molecular complexity index is 1390. The van der Waals surface area contributed by atoms with Crippen LogP contribution in [0.25, 0.3) is 10.6 Å². The first-order valence-electron chi connectivity index (χ1n) is 14.6. The standard InChI is InChI=1S/C29H39N9O2S/c1-5-22-28(39)36(3)23-15-31-29(33-26(23)38(22)20-8-6-7-9-20)32-21-11-10-19(14-24(21)40-4)27-35-34-25(41-27)17-37-13-12-30-18(2)16-37/h10-11,14-15,18,20,22,30H,5-9,12-13,16-17H2,1-4H3,(H,31,32,33)/t18?,22-/m1/s1. The maximum Gasteiger partial charge on any atom is 0.249 e. The zero-order chi connectivity index (χ0) is 28.5. The lowest BCUT2D eigenvalue weighted by Gasteiger charge is -2.43. The van der Waals surface area contributed by atoms with Crippen molar-refractivity contribution in [2.75, 3.05) is 48.9 Å². The molecule has 3 aliphatic rings. The van der Waals surface area contributed by atoms with Crippen LogP contribution in [0, 0.1) is 0 Å². The second-order valence-electron chi connectivity index (χ2n) is 11.2. The van der Waals surface area contributed by atoms with Crippen LogP contribution < -0.4 is 25.2 Å².